The Bertz CT molecular complexity index is 65.8. The lowest BCUT2D eigenvalue weighted by Crippen LogP contribution is -2.03. The van der Waals surface area contributed by atoms with Gasteiger partial charge in [-0.25, -0.2) is 0 Å². The highest BCUT2D eigenvalue weighted by molar-refractivity contribution is 9.23. The molecular weight excluding hydrogens is 192 g/mol. The van der Waals surface area contributed by atoms with Crippen molar-refractivity contribution in [3.8, 4) is 0 Å². The highest BCUT2D eigenvalue weighted by Gasteiger charge is 2.07. The van der Waals surface area contributed by atoms with E-state index in [-0.39, 0.29) is 8.14 Å². The van der Waals surface area contributed by atoms with Crippen molar-refractivity contribution in [2.24, 2.45) is 5.41 Å². The minimum atomic E-state index is 0.158. The fourth-order valence-corrected chi connectivity index (χ4v) is 2.38. The van der Waals surface area contributed by atoms with E-state index in [1.807, 2.05) is 0 Å². The minimum absolute atomic E-state index is 0.158. The van der Waals surface area contributed by atoms with Crippen LogP contribution in [0.1, 0.15) is 33.6 Å². The van der Waals surface area contributed by atoms with E-state index in [2.05, 4.69) is 36.1 Å². The van der Waals surface area contributed by atoms with E-state index >= 15 is 0 Å². The summed E-state index contributed by atoms with van der Waals surface area (Å²) in [5.74, 6) is 0. The molecule has 9 heavy (non-hydrogen) atoms. The predicted molar refractivity (Wildman–Crippen MR) is 51.0 cm³/mol. The minimum Gasteiger partial charge on any atom is -0.135 e. The molecule has 0 aromatic carbocycles. The summed E-state index contributed by atoms with van der Waals surface area (Å²) in [6.07, 6.45) is 2.80. The Morgan fingerprint density at radius 1 is 1.33 bits per heavy atom. The molecule has 0 unspecified atom stereocenters. The zero-order valence-corrected chi connectivity index (χ0v) is 9.71. The van der Waals surface area contributed by atoms with Gasteiger partial charge in [-0.15, -0.1) is 15.3 Å². The van der Waals surface area contributed by atoms with Gasteiger partial charge in [-0.1, -0.05) is 33.2 Å². The molecule has 0 aromatic rings. The van der Waals surface area contributed by atoms with Crippen molar-refractivity contribution >= 4 is 23.4 Å². The van der Waals surface area contributed by atoms with Crippen molar-refractivity contribution < 1.29 is 0 Å². The zero-order valence-electron chi connectivity index (χ0n) is 6.71. The van der Waals surface area contributed by atoms with E-state index in [1.54, 1.807) is 0 Å². The summed E-state index contributed by atoms with van der Waals surface area (Å²) in [4.78, 5) is 0. The Kier molecular flexibility index (Phi) is 4.85. The lowest BCUT2D eigenvalue weighted by molar-refractivity contribution is 0.373. The molecule has 2 heteroatoms. The van der Waals surface area contributed by atoms with Crippen LogP contribution in [0.25, 0.3) is 0 Å². The largest absolute Gasteiger partial charge is 0.135 e. The van der Waals surface area contributed by atoms with Gasteiger partial charge in [0.2, 0.25) is 0 Å². The van der Waals surface area contributed by atoms with Gasteiger partial charge in [-0.05, 0) is 11.8 Å². The molecule has 0 N–H and O–H groups in total. The van der Waals surface area contributed by atoms with Crippen molar-refractivity contribution in [2.45, 2.75) is 39.7 Å². The number of hydrogen-bond acceptors (Lipinski definition) is 0. The maximum Gasteiger partial charge on any atom is 0.0985 e. The Hall–Kier alpha value is 0.697. The van der Waals surface area contributed by atoms with Crippen LogP contribution in [-0.4, -0.2) is 8.14 Å². The average Bonchev–Trinajstić information content (AvgIpc) is 1.63. The van der Waals surface area contributed by atoms with Crippen LogP contribution in [-0.2, 0) is 0 Å². The number of halogens is 1. The molecule has 0 radical (unpaired) electrons. The van der Waals surface area contributed by atoms with Crippen LogP contribution in [0.4, 0.5) is 0 Å². The molecule has 0 saturated heterocycles. The number of rotatable bonds is 3. The van der Waals surface area contributed by atoms with Crippen molar-refractivity contribution in [3.05, 3.63) is 0 Å². The fraction of sp³-hybridized carbons (Fsp3) is 1.00. The Morgan fingerprint density at radius 3 is 2.22 bits per heavy atom. The summed E-state index contributed by atoms with van der Waals surface area (Å²) in [6, 6.07) is 1.46. The molecule has 0 rings (SSSR count). The van der Waals surface area contributed by atoms with Crippen LogP contribution in [0.15, 0.2) is 0 Å². The molecule has 0 spiro atoms. The third kappa shape index (κ3) is 8.70. The molecular formula is C7H17BrSi. The standard InChI is InChI=1S/C7H17BrSi/c1-7(2,3)5-4-6-9-8/h4-6,9H2,1-3H3. The first-order chi connectivity index (χ1) is 4.06. The summed E-state index contributed by atoms with van der Waals surface area (Å²) < 4.78 is 0. The summed E-state index contributed by atoms with van der Waals surface area (Å²) in [5, 5.41) is 0. The second-order valence-electron chi connectivity index (χ2n) is 3.71. The average molecular weight is 209 g/mol. The summed E-state index contributed by atoms with van der Waals surface area (Å²) in [6.45, 7) is 6.92. The molecule has 0 atom stereocenters. The molecule has 0 bridgehead atoms. The smallest absolute Gasteiger partial charge is 0.0985 e. The first-order valence-corrected chi connectivity index (χ1v) is 8.52. The molecule has 0 fully saturated rings. The maximum absolute atomic E-state index is 3.56. The highest BCUT2D eigenvalue weighted by atomic mass is 79.9. The van der Waals surface area contributed by atoms with E-state index in [0.29, 0.717) is 5.41 Å². The Balaban J connectivity index is 3.07. The Morgan fingerprint density at radius 2 is 1.89 bits per heavy atom. The summed E-state index contributed by atoms with van der Waals surface area (Å²) >= 11 is 3.56. The molecule has 0 amide bonds. The van der Waals surface area contributed by atoms with Crippen LogP contribution in [0, 0.1) is 5.41 Å². The molecule has 0 saturated carbocycles. The van der Waals surface area contributed by atoms with Gasteiger partial charge < -0.3 is 0 Å². The van der Waals surface area contributed by atoms with Gasteiger partial charge in [-0.2, -0.15) is 0 Å². The second kappa shape index (κ2) is 4.50. The van der Waals surface area contributed by atoms with E-state index in [4.69, 9.17) is 0 Å². The van der Waals surface area contributed by atoms with Crippen molar-refractivity contribution in [3.63, 3.8) is 0 Å². The molecule has 0 aliphatic carbocycles. The van der Waals surface area contributed by atoms with E-state index in [0.717, 1.165) is 0 Å². The molecule has 0 aliphatic heterocycles. The zero-order chi connectivity index (χ0) is 7.33. The monoisotopic (exact) mass is 208 g/mol. The quantitative estimate of drug-likeness (QED) is 0.381. The van der Waals surface area contributed by atoms with Crippen LogP contribution < -0.4 is 0 Å². The molecule has 0 aliphatic rings. The third-order valence-corrected chi connectivity index (χ3v) is 3.76. The number of hydrogen-bond donors (Lipinski definition) is 0. The van der Waals surface area contributed by atoms with Gasteiger partial charge >= 0.3 is 0 Å². The van der Waals surface area contributed by atoms with Gasteiger partial charge in [-0.3, -0.25) is 0 Å². The van der Waals surface area contributed by atoms with Crippen molar-refractivity contribution in [1.29, 1.82) is 0 Å². The Labute approximate surface area is 68.8 Å². The van der Waals surface area contributed by atoms with E-state index in [9.17, 15) is 0 Å². The van der Waals surface area contributed by atoms with Gasteiger partial charge in [0.25, 0.3) is 0 Å². The highest BCUT2D eigenvalue weighted by Crippen LogP contribution is 2.21. The lowest BCUT2D eigenvalue weighted by Gasteiger charge is -2.16. The van der Waals surface area contributed by atoms with E-state index in [1.165, 1.54) is 18.9 Å². The van der Waals surface area contributed by atoms with Crippen LogP contribution in [0.5, 0.6) is 0 Å². The fourth-order valence-electron chi connectivity index (χ4n) is 0.750. The van der Waals surface area contributed by atoms with Gasteiger partial charge in [0, 0.05) is 0 Å². The topological polar surface area (TPSA) is 0 Å². The van der Waals surface area contributed by atoms with Crippen molar-refractivity contribution in [1.82, 2.24) is 0 Å². The van der Waals surface area contributed by atoms with Crippen LogP contribution in [0.2, 0.25) is 6.04 Å². The molecule has 0 aromatic heterocycles. The van der Waals surface area contributed by atoms with Crippen LogP contribution in [0.3, 0.4) is 0 Å². The van der Waals surface area contributed by atoms with Crippen molar-refractivity contribution in [2.75, 3.05) is 0 Å². The SMILES string of the molecule is CC(C)(C)CCC[SiH2]Br. The second-order valence-corrected chi connectivity index (χ2v) is 7.17. The first kappa shape index (κ1) is 9.70. The summed E-state index contributed by atoms with van der Waals surface area (Å²) in [7, 11) is 0.158. The van der Waals surface area contributed by atoms with Gasteiger partial charge in [0.1, 0.15) is 0 Å². The van der Waals surface area contributed by atoms with Gasteiger partial charge in [0.15, 0.2) is 0 Å². The lowest BCUT2D eigenvalue weighted by atomic mass is 9.91. The van der Waals surface area contributed by atoms with Crippen LogP contribution >= 0.6 is 15.3 Å². The molecule has 0 heterocycles. The van der Waals surface area contributed by atoms with Gasteiger partial charge in [0.05, 0.1) is 8.14 Å². The molecule has 0 nitrogen and oxygen atoms in total. The maximum atomic E-state index is 3.56. The normalized spacial score (nSPS) is 13.3. The summed E-state index contributed by atoms with van der Waals surface area (Å²) in [5.41, 5.74) is 0.552. The third-order valence-electron chi connectivity index (χ3n) is 1.31. The predicted octanol–water partition coefficient (Wildman–Crippen LogP) is 2.71. The first-order valence-electron chi connectivity index (χ1n) is 3.62. The molecule has 56 valence electrons. The van der Waals surface area contributed by atoms with E-state index < -0.39 is 0 Å².